The zero-order valence-corrected chi connectivity index (χ0v) is 22.9. The van der Waals surface area contributed by atoms with E-state index in [2.05, 4.69) is 10.00 Å². The first kappa shape index (κ1) is 26.6. The van der Waals surface area contributed by atoms with E-state index >= 15 is 4.39 Å². The van der Waals surface area contributed by atoms with Crippen molar-refractivity contribution < 1.29 is 23.7 Å². The van der Waals surface area contributed by atoms with Crippen LogP contribution in [0.1, 0.15) is 74.3 Å². The molecule has 0 saturated carbocycles. The van der Waals surface area contributed by atoms with Gasteiger partial charge in [-0.2, -0.15) is 4.39 Å². The van der Waals surface area contributed by atoms with E-state index in [4.69, 9.17) is 19.2 Å². The molecular weight excluding hydrogens is 499 g/mol. The van der Waals surface area contributed by atoms with Gasteiger partial charge >= 0.3 is 0 Å². The van der Waals surface area contributed by atoms with Crippen LogP contribution in [0.5, 0.6) is 0 Å². The number of fused-ring (bicyclic) bond motifs is 3. The number of aromatic nitrogens is 3. The first-order valence-electron chi connectivity index (χ1n) is 14.3. The number of aliphatic hydroxyl groups is 1. The number of pyridine rings is 1. The van der Waals surface area contributed by atoms with E-state index in [1.807, 2.05) is 24.3 Å². The average Bonchev–Trinajstić information content (AvgIpc) is 3.23. The van der Waals surface area contributed by atoms with Crippen molar-refractivity contribution in [2.45, 2.75) is 75.9 Å². The highest BCUT2D eigenvalue weighted by Crippen LogP contribution is 2.43. The molecule has 3 aliphatic rings. The zero-order valence-electron chi connectivity index (χ0n) is 22.9. The molecule has 0 spiro atoms. The Labute approximate surface area is 229 Å². The van der Waals surface area contributed by atoms with E-state index in [9.17, 15) is 5.11 Å². The third-order valence-corrected chi connectivity index (χ3v) is 8.97. The lowest BCUT2D eigenvalue weighted by atomic mass is 9.82. The van der Waals surface area contributed by atoms with Gasteiger partial charge in [0.15, 0.2) is 12.5 Å². The van der Waals surface area contributed by atoms with E-state index in [0.29, 0.717) is 30.8 Å². The Kier molecular flexibility index (Phi) is 7.59. The van der Waals surface area contributed by atoms with Crippen LogP contribution in [-0.4, -0.2) is 60.1 Å². The predicted octanol–water partition coefficient (Wildman–Crippen LogP) is 5.07. The number of hydrogen-bond acceptors (Lipinski definition) is 7. The van der Waals surface area contributed by atoms with E-state index in [1.165, 1.54) is 0 Å². The maximum absolute atomic E-state index is 15.4. The highest BCUT2D eigenvalue weighted by Gasteiger charge is 2.37. The Balaban J connectivity index is 1.29. The standard InChI is InChI=1S/C30H39FN4O4/c1-37-29(38-2)20-13-16-34(17-14-20)25-12-9-21(19-32-25)30(36)15-5-3-7-22-23(30)10-11-24-27(22)28(31)33-35(24)26-8-4-6-18-39-26/h9-12,19-20,26,29,36H,3-8,13-18H2,1-2H3. The Hall–Kier alpha value is -2.59. The van der Waals surface area contributed by atoms with Crippen LogP contribution >= 0.6 is 0 Å². The van der Waals surface area contributed by atoms with Crippen LogP contribution < -0.4 is 4.90 Å². The summed E-state index contributed by atoms with van der Waals surface area (Å²) in [6.45, 7) is 2.42. The summed E-state index contributed by atoms with van der Waals surface area (Å²) in [6.07, 6.45) is 9.18. The minimum absolute atomic E-state index is 0.175. The third-order valence-electron chi connectivity index (χ3n) is 8.97. The van der Waals surface area contributed by atoms with Crippen LogP contribution in [-0.2, 0) is 26.2 Å². The van der Waals surface area contributed by atoms with Crippen molar-refractivity contribution in [2.24, 2.45) is 5.92 Å². The van der Waals surface area contributed by atoms with Gasteiger partial charge in [-0.15, -0.1) is 5.10 Å². The molecule has 6 rings (SSSR count). The molecule has 2 atom stereocenters. The maximum atomic E-state index is 15.4. The van der Waals surface area contributed by atoms with Gasteiger partial charge in [0.05, 0.1) is 10.9 Å². The molecule has 8 nitrogen and oxygen atoms in total. The predicted molar refractivity (Wildman–Crippen MR) is 146 cm³/mol. The topological polar surface area (TPSA) is 81.9 Å². The summed E-state index contributed by atoms with van der Waals surface area (Å²) >= 11 is 0. The number of rotatable bonds is 6. The summed E-state index contributed by atoms with van der Waals surface area (Å²) in [5.41, 5.74) is 1.85. The Morgan fingerprint density at radius 3 is 2.56 bits per heavy atom. The van der Waals surface area contributed by atoms with Crippen molar-refractivity contribution in [3.63, 3.8) is 0 Å². The number of benzene rings is 1. The van der Waals surface area contributed by atoms with Crippen LogP contribution in [0.2, 0.25) is 0 Å². The molecule has 3 aromatic rings. The number of ether oxygens (including phenoxy) is 3. The third kappa shape index (κ3) is 4.84. The summed E-state index contributed by atoms with van der Waals surface area (Å²) in [6, 6.07) is 7.85. The SMILES string of the molecule is COC(OC)C1CCN(c2ccc(C3(O)CCCCc4c3ccc3c4c(F)nn3C3CCCCO3)cn2)CC1. The van der Waals surface area contributed by atoms with Crippen molar-refractivity contribution >= 4 is 16.7 Å². The van der Waals surface area contributed by atoms with Gasteiger partial charge in [-0.1, -0.05) is 12.1 Å². The second-order valence-corrected chi connectivity index (χ2v) is 11.2. The maximum Gasteiger partial charge on any atom is 0.240 e. The summed E-state index contributed by atoms with van der Waals surface area (Å²) in [5.74, 6) is 0.780. The van der Waals surface area contributed by atoms with Gasteiger partial charge in [-0.05, 0) is 81.0 Å². The molecule has 210 valence electrons. The van der Waals surface area contributed by atoms with Crippen LogP contribution in [0.4, 0.5) is 10.2 Å². The number of hydrogen-bond donors (Lipinski definition) is 1. The number of piperidine rings is 1. The molecule has 9 heteroatoms. The van der Waals surface area contributed by atoms with Gasteiger partial charge in [0.1, 0.15) is 11.4 Å². The molecule has 2 aromatic heterocycles. The first-order valence-corrected chi connectivity index (χ1v) is 14.3. The van der Waals surface area contributed by atoms with E-state index < -0.39 is 11.5 Å². The molecule has 2 aliphatic heterocycles. The Bertz CT molecular complexity index is 1280. The smallest absolute Gasteiger partial charge is 0.240 e. The summed E-state index contributed by atoms with van der Waals surface area (Å²) in [4.78, 5) is 7.05. The molecule has 1 aromatic carbocycles. The minimum atomic E-state index is -1.24. The lowest BCUT2D eigenvalue weighted by Crippen LogP contribution is -2.39. The molecule has 0 radical (unpaired) electrons. The molecule has 0 bridgehead atoms. The quantitative estimate of drug-likeness (QED) is 0.347. The Morgan fingerprint density at radius 2 is 1.87 bits per heavy atom. The molecule has 2 unspecified atom stereocenters. The molecule has 2 fully saturated rings. The molecule has 1 aliphatic carbocycles. The fourth-order valence-corrected chi connectivity index (χ4v) is 6.86. The second-order valence-electron chi connectivity index (χ2n) is 11.2. The van der Waals surface area contributed by atoms with E-state index in [0.717, 1.165) is 86.1 Å². The van der Waals surface area contributed by atoms with Crippen LogP contribution in [0.3, 0.4) is 0 Å². The van der Waals surface area contributed by atoms with Crippen LogP contribution in [0, 0.1) is 11.9 Å². The molecular formula is C30H39FN4O4. The highest BCUT2D eigenvalue weighted by atomic mass is 19.1. The van der Waals surface area contributed by atoms with Crippen molar-refractivity contribution in [3.05, 3.63) is 53.1 Å². The first-order chi connectivity index (χ1) is 19.0. The van der Waals surface area contributed by atoms with Gasteiger partial charge in [-0.3, -0.25) is 0 Å². The lowest BCUT2D eigenvalue weighted by molar-refractivity contribution is -0.141. The molecule has 4 heterocycles. The van der Waals surface area contributed by atoms with Gasteiger partial charge in [0.25, 0.3) is 0 Å². The molecule has 1 N–H and O–H groups in total. The number of halogens is 1. The van der Waals surface area contributed by atoms with Gasteiger partial charge in [0.2, 0.25) is 5.95 Å². The number of methoxy groups -OCH3 is 2. The van der Waals surface area contributed by atoms with Crippen molar-refractivity contribution in [1.82, 2.24) is 14.8 Å². The second kappa shape index (κ2) is 11.1. The normalized spacial score (nSPS) is 24.7. The van der Waals surface area contributed by atoms with Crippen molar-refractivity contribution in [1.29, 1.82) is 0 Å². The number of nitrogens with zero attached hydrogens (tertiary/aromatic N) is 4. The highest BCUT2D eigenvalue weighted by molar-refractivity contribution is 5.85. The van der Waals surface area contributed by atoms with Crippen LogP contribution in [0.25, 0.3) is 10.9 Å². The number of anilines is 1. The minimum Gasteiger partial charge on any atom is -0.380 e. The van der Waals surface area contributed by atoms with E-state index in [-0.39, 0.29) is 12.5 Å². The summed E-state index contributed by atoms with van der Waals surface area (Å²) in [7, 11) is 3.38. The monoisotopic (exact) mass is 538 g/mol. The average molecular weight is 539 g/mol. The summed E-state index contributed by atoms with van der Waals surface area (Å²) < 4.78 is 34.0. The molecule has 2 saturated heterocycles. The molecule has 39 heavy (non-hydrogen) atoms. The van der Waals surface area contributed by atoms with Gasteiger partial charge in [-0.25, -0.2) is 9.67 Å². The largest absolute Gasteiger partial charge is 0.380 e. The summed E-state index contributed by atoms with van der Waals surface area (Å²) in [5, 5.41) is 17.0. The molecule has 0 amide bonds. The fraction of sp³-hybridized carbons (Fsp3) is 0.600. The lowest BCUT2D eigenvalue weighted by Gasteiger charge is -2.36. The van der Waals surface area contributed by atoms with Crippen molar-refractivity contribution in [2.75, 3.05) is 38.8 Å². The zero-order chi connectivity index (χ0) is 27.0. The van der Waals surface area contributed by atoms with Gasteiger partial charge < -0.3 is 24.2 Å². The number of aryl methyl sites for hydroxylation is 1. The van der Waals surface area contributed by atoms with Crippen molar-refractivity contribution in [3.8, 4) is 0 Å². The van der Waals surface area contributed by atoms with Crippen LogP contribution in [0.15, 0.2) is 30.5 Å². The van der Waals surface area contributed by atoms with E-state index in [1.54, 1.807) is 25.1 Å². The Morgan fingerprint density at radius 1 is 1.05 bits per heavy atom. The van der Waals surface area contributed by atoms with Gasteiger partial charge in [0, 0.05) is 51.6 Å². The fourth-order valence-electron chi connectivity index (χ4n) is 6.86.